The molecule has 0 radical (unpaired) electrons. The highest BCUT2D eigenvalue weighted by molar-refractivity contribution is 6.31. The van der Waals surface area contributed by atoms with E-state index in [9.17, 15) is 13.6 Å². The number of nitriles is 1. The van der Waals surface area contributed by atoms with Crippen LogP contribution in [0, 0.1) is 29.9 Å². The molecule has 6 heteroatoms. The minimum atomic E-state index is -1.05. The molecular weight excluding hydrogens is 322 g/mol. The molecule has 0 fully saturated rings. The second-order valence-corrected chi connectivity index (χ2v) is 5.12. The van der Waals surface area contributed by atoms with E-state index in [-0.39, 0.29) is 11.1 Å². The summed E-state index contributed by atoms with van der Waals surface area (Å²) in [6.45, 7) is 1.73. The van der Waals surface area contributed by atoms with E-state index in [4.69, 9.17) is 16.9 Å². The Labute approximate surface area is 136 Å². The van der Waals surface area contributed by atoms with Gasteiger partial charge in [-0.2, -0.15) is 5.26 Å². The Balaban J connectivity index is 2.28. The fourth-order valence-corrected chi connectivity index (χ4v) is 2.02. The van der Waals surface area contributed by atoms with Gasteiger partial charge in [0.1, 0.15) is 11.6 Å². The summed E-state index contributed by atoms with van der Waals surface area (Å²) in [5.41, 5.74) is 1.09. The van der Waals surface area contributed by atoms with Crippen LogP contribution in [0.4, 0.5) is 14.5 Å². The van der Waals surface area contributed by atoms with Crippen LogP contribution in [0.3, 0.4) is 0 Å². The van der Waals surface area contributed by atoms with Crippen LogP contribution in [-0.4, -0.2) is 5.91 Å². The van der Waals surface area contributed by atoms with Crippen LogP contribution in [0.25, 0.3) is 6.08 Å². The number of halogens is 3. The number of nitrogens with zero attached hydrogens (tertiary/aromatic N) is 1. The Morgan fingerprint density at radius 2 is 2.00 bits per heavy atom. The summed E-state index contributed by atoms with van der Waals surface area (Å²) in [4.78, 5) is 12.2. The topological polar surface area (TPSA) is 52.9 Å². The van der Waals surface area contributed by atoms with Crippen molar-refractivity contribution in [1.82, 2.24) is 0 Å². The summed E-state index contributed by atoms with van der Waals surface area (Å²) >= 11 is 5.96. The third kappa shape index (κ3) is 3.93. The molecule has 0 heterocycles. The monoisotopic (exact) mass is 332 g/mol. The van der Waals surface area contributed by atoms with Crippen molar-refractivity contribution >= 4 is 29.3 Å². The maximum Gasteiger partial charge on any atom is 0.266 e. The third-order valence-electron chi connectivity index (χ3n) is 3.14. The normalized spacial score (nSPS) is 11.0. The van der Waals surface area contributed by atoms with E-state index in [0.717, 1.165) is 12.1 Å². The lowest BCUT2D eigenvalue weighted by Crippen LogP contribution is -2.14. The number of hydrogen-bond donors (Lipinski definition) is 1. The summed E-state index contributed by atoms with van der Waals surface area (Å²) in [5, 5.41) is 12.2. The molecule has 0 unspecified atom stereocenters. The van der Waals surface area contributed by atoms with Crippen molar-refractivity contribution < 1.29 is 13.6 Å². The van der Waals surface area contributed by atoms with Gasteiger partial charge in [0.15, 0.2) is 11.6 Å². The first-order chi connectivity index (χ1) is 10.9. The number of carbonyl (C=O) groups is 1. The molecule has 0 aliphatic carbocycles. The molecule has 0 aliphatic heterocycles. The van der Waals surface area contributed by atoms with Crippen molar-refractivity contribution in [2.24, 2.45) is 0 Å². The number of rotatable bonds is 3. The van der Waals surface area contributed by atoms with Gasteiger partial charge in [-0.3, -0.25) is 4.79 Å². The zero-order chi connectivity index (χ0) is 17.0. The van der Waals surface area contributed by atoms with E-state index in [2.05, 4.69) is 5.32 Å². The molecule has 2 aromatic carbocycles. The van der Waals surface area contributed by atoms with Crippen molar-refractivity contribution in [3.8, 4) is 6.07 Å². The lowest BCUT2D eigenvalue weighted by atomic mass is 10.1. The number of hydrogen-bond acceptors (Lipinski definition) is 2. The minimum Gasteiger partial charge on any atom is -0.321 e. The van der Waals surface area contributed by atoms with Gasteiger partial charge < -0.3 is 5.32 Å². The zero-order valence-corrected chi connectivity index (χ0v) is 12.8. The minimum absolute atomic E-state index is 0.207. The van der Waals surface area contributed by atoms with Gasteiger partial charge in [0.25, 0.3) is 5.91 Å². The Kier molecular flexibility index (Phi) is 5.09. The molecule has 116 valence electrons. The van der Waals surface area contributed by atoms with E-state index in [1.54, 1.807) is 31.2 Å². The molecule has 2 rings (SSSR count). The second-order valence-electron chi connectivity index (χ2n) is 4.71. The van der Waals surface area contributed by atoms with Crippen molar-refractivity contribution in [2.75, 3.05) is 5.32 Å². The molecule has 0 aliphatic rings. The Morgan fingerprint density at radius 3 is 2.65 bits per heavy atom. The first kappa shape index (κ1) is 16.7. The Bertz CT molecular complexity index is 841. The predicted molar refractivity (Wildman–Crippen MR) is 84.8 cm³/mol. The van der Waals surface area contributed by atoms with Crippen LogP contribution in [0.5, 0.6) is 0 Å². The number of nitrogens with one attached hydrogen (secondary N) is 1. The zero-order valence-electron chi connectivity index (χ0n) is 12.0. The summed E-state index contributed by atoms with van der Waals surface area (Å²) in [7, 11) is 0. The van der Waals surface area contributed by atoms with Crippen molar-refractivity contribution in [2.45, 2.75) is 6.92 Å². The lowest BCUT2D eigenvalue weighted by molar-refractivity contribution is -0.112. The van der Waals surface area contributed by atoms with Crippen LogP contribution in [0.15, 0.2) is 42.0 Å². The Morgan fingerprint density at radius 1 is 1.26 bits per heavy atom. The molecule has 3 nitrogen and oxygen atoms in total. The molecule has 0 atom stereocenters. The van der Waals surface area contributed by atoms with E-state index in [1.807, 2.05) is 0 Å². The molecule has 0 bridgehead atoms. The summed E-state index contributed by atoms with van der Waals surface area (Å²) in [5.74, 6) is -2.72. The first-order valence-electron chi connectivity index (χ1n) is 6.55. The molecule has 2 aromatic rings. The van der Waals surface area contributed by atoms with E-state index < -0.39 is 17.5 Å². The van der Waals surface area contributed by atoms with Gasteiger partial charge in [-0.25, -0.2) is 8.78 Å². The van der Waals surface area contributed by atoms with Crippen LogP contribution in [0.1, 0.15) is 11.1 Å². The van der Waals surface area contributed by atoms with Crippen LogP contribution >= 0.6 is 11.6 Å². The van der Waals surface area contributed by atoms with Crippen molar-refractivity contribution in [1.29, 1.82) is 5.26 Å². The SMILES string of the molecule is Cc1c(Cl)cccc1NC(=O)/C(C#N)=C/c1ccc(F)c(F)c1. The van der Waals surface area contributed by atoms with Gasteiger partial charge in [0.2, 0.25) is 0 Å². The Hall–Kier alpha value is -2.71. The van der Waals surface area contributed by atoms with E-state index >= 15 is 0 Å². The molecule has 0 saturated carbocycles. The smallest absolute Gasteiger partial charge is 0.266 e. The fourth-order valence-electron chi connectivity index (χ4n) is 1.85. The number of amides is 1. The maximum atomic E-state index is 13.2. The molecule has 1 N–H and O–H groups in total. The summed E-state index contributed by atoms with van der Waals surface area (Å²) in [6, 6.07) is 9.83. The fraction of sp³-hybridized carbons (Fsp3) is 0.0588. The largest absolute Gasteiger partial charge is 0.321 e. The van der Waals surface area contributed by atoms with Gasteiger partial charge in [-0.1, -0.05) is 23.7 Å². The van der Waals surface area contributed by atoms with Crippen LogP contribution in [0.2, 0.25) is 5.02 Å². The van der Waals surface area contributed by atoms with Gasteiger partial charge in [-0.15, -0.1) is 0 Å². The quantitative estimate of drug-likeness (QED) is 0.666. The predicted octanol–water partition coefficient (Wildman–Crippen LogP) is 4.47. The molecule has 0 saturated heterocycles. The third-order valence-corrected chi connectivity index (χ3v) is 3.55. The molecule has 23 heavy (non-hydrogen) atoms. The maximum absolute atomic E-state index is 13.2. The summed E-state index contributed by atoms with van der Waals surface area (Å²) in [6.07, 6.45) is 1.18. The standard InChI is InChI=1S/C17H11ClF2N2O/c1-10-13(18)3-2-4-16(10)22-17(23)12(9-21)7-11-5-6-14(19)15(20)8-11/h2-8H,1H3,(H,22,23)/b12-7+. The highest BCUT2D eigenvalue weighted by Gasteiger charge is 2.12. The number of benzene rings is 2. The van der Waals surface area contributed by atoms with Crippen molar-refractivity contribution in [3.05, 3.63) is 69.8 Å². The van der Waals surface area contributed by atoms with Crippen molar-refractivity contribution in [3.63, 3.8) is 0 Å². The lowest BCUT2D eigenvalue weighted by Gasteiger charge is -2.08. The van der Waals surface area contributed by atoms with E-state index in [0.29, 0.717) is 16.3 Å². The van der Waals surface area contributed by atoms with E-state index in [1.165, 1.54) is 12.1 Å². The second kappa shape index (κ2) is 7.03. The molecule has 0 aromatic heterocycles. The highest BCUT2D eigenvalue weighted by Crippen LogP contribution is 2.23. The average Bonchev–Trinajstić information content (AvgIpc) is 2.52. The molecule has 0 spiro atoms. The summed E-state index contributed by atoms with van der Waals surface area (Å²) < 4.78 is 26.1. The average molecular weight is 333 g/mol. The van der Waals surface area contributed by atoms with Gasteiger partial charge in [0, 0.05) is 10.7 Å². The highest BCUT2D eigenvalue weighted by atomic mass is 35.5. The number of anilines is 1. The number of carbonyl (C=O) groups excluding carboxylic acids is 1. The first-order valence-corrected chi connectivity index (χ1v) is 6.93. The van der Waals surface area contributed by atoms with Crippen LogP contribution in [-0.2, 0) is 4.79 Å². The molecule has 1 amide bonds. The molecular formula is C17H11ClF2N2O. The van der Waals surface area contributed by atoms with Gasteiger partial charge in [0.05, 0.1) is 0 Å². The van der Waals surface area contributed by atoms with Crippen LogP contribution < -0.4 is 5.32 Å². The van der Waals surface area contributed by atoms with Gasteiger partial charge in [-0.05, 0) is 48.4 Å². The van der Waals surface area contributed by atoms with Gasteiger partial charge >= 0.3 is 0 Å².